The van der Waals surface area contributed by atoms with Gasteiger partial charge in [0.15, 0.2) is 0 Å². The minimum absolute atomic E-state index is 0.0225. The van der Waals surface area contributed by atoms with Crippen molar-refractivity contribution in [3.05, 3.63) is 167 Å². The number of para-hydroxylation sites is 1. The van der Waals surface area contributed by atoms with Crippen LogP contribution in [0.4, 0.5) is 0 Å². The summed E-state index contributed by atoms with van der Waals surface area (Å²) in [5.41, 5.74) is 5.56. The standard InChI is InChI=1S/C59H63N3O/c1-35(2)43-32-50(38(7)8)57(63)51(33-43)58-61-56-49(44-29-45(31-46(30-44)59(10,11)12)52-34-41(26-27-60-52)40-18-14-13-15-19-40)22-17-23-54(56)62(58)53-25-24-42(28-39(53)9)55-47(36(3)4)20-16-21-48(55)37(5)6/h13-38,63H,1-12H3/i9D3,13D,14D,15D,18D,19D,26D,27D,34D,35D,36D,38D. The van der Waals surface area contributed by atoms with E-state index in [0.717, 1.165) is 22.3 Å². The molecule has 4 nitrogen and oxygen atoms in total. The van der Waals surface area contributed by atoms with Crippen LogP contribution in [0.15, 0.2) is 133 Å². The van der Waals surface area contributed by atoms with Crippen molar-refractivity contribution in [3.63, 3.8) is 0 Å². The normalized spacial score (nSPS) is 16.0. The molecule has 0 amide bonds. The zero-order valence-electron chi connectivity index (χ0n) is 51.9. The molecule has 2 heterocycles. The van der Waals surface area contributed by atoms with Gasteiger partial charge in [-0.25, -0.2) is 4.98 Å². The van der Waals surface area contributed by atoms with Gasteiger partial charge in [0.25, 0.3) is 0 Å². The van der Waals surface area contributed by atoms with Crippen molar-refractivity contribution in [1.82, 2.24) is 14.5 Å². The zero-order chi connectivity index (χ0) is 57.1. The first-order valence-corrected chi connectivity index (χ1v) is 21.3. The molecular weight excluding hydrogens is 767 g/mol. The fourth-order valence-corrected chi connectivity index (χ4v) is 8.22. The van der Waals surface area contributed by atoms with Gasteiger partial charge in [-0.2, -0.15) is 0 Å². The molecule has 0 aliphatic carbocycles. The van der Waals surface area contributed by atoms with Crippen LogP contribution in [0.3, 0.4) is 0 Å². The Kier molecular flexibility index (Phi) is 7.93. The number of fused-ring (bicyclic) bond motifs is 1. The van der Waals surface area contributed by atoms with Crippen LogP contribution in [0.1, 0.15) is 152 Å². The minimum atomic E-state index is -2.74. The van der Waals surface area contributed by atoms with Gasteiger partial charge >= 0.3 is 0 Å². The van der Waals surface area contributed by atoms with Crippen molar-refractivity contribution in [2.45, 2.75) is 112 Å². The molecule has 0 spiro atoms. The molecule has 8 aromatic rings. The van der Waals surface area contributed by atoms with Crippen LogP contribution in [0.25, 0.3) is 72.7 Å². The van der Waals surface area contributed by atoms with Crippen LogP contribution >= 0.6 is 0 Å². The number of aromatic nitrogens is 3. The van der Waals surface area contributed by atoms with Gasteiger partial charge in [-0.05, 0) is 146 Å². The number of rotatable bonds is 10. The highest BCUT2D eigenvalue weighted by Crippen LogP contribution is 2.44. The Hall–Kier alpha value is -6.26. The smallest absolute Gasteiger partial charge is 0.149 e. The Morgan fingerprint density at radius 1 is 0.667 bits per heavy atom. The Morgan fingerprint density at radius 2 is 1.38 bits per heavy atom. The molecule has 0 saturated heterocycles. The van der Waals surface area contributed by atoms with E-state index >= 15 is 0 Å². The summed E-state index contributed by atoms with van der Waals surface area (Å²) in [7, 11) is 0. The molecule has 2 aromatic heterocycles. The van der Waals surface area contributed by atoms with Crippen LogP contribution in [-0.2, 0) is 5.41 Å². The molecule has 320 valence electrons. The van der Waals surface area contributed by atoms with E-state index in [9.17, 15) is 7.85 Å². The lowest BCUT2D eigenvalue weighted by Crippen LogP contribution is -2.11. The third kappa shape index (κ3) is 8.36. The van der Waals surface area contributed by atoms with Gasteiger partial charge in [0.1, 0.15) is 11.6 Å². The maximum absolute atomic E-state index is 12.4. The third-order valence-electron chi connectivity index (χ3n) is 11.7. The predicted molar refractivity (Wildman–Crippen MR) is 268 cm³/mol. The average Bonchev–Trinajstić information content (AvgIpc) is 3.82. The molecule has 6 aromatic carbocycles. The van der Waals surface area contributed by atoms with E-state index < -0.39 is 84.0 Å². The van der Waals surface area contributed by atoms with Crippen molar-refractivity contribution in [2.24, 2.45) is 0 Å². The van der Waals surface area contributed by atoms with E-state index in [2.05, 4.69) is 18.8 Å². The molecule has 0 atom stereocenters. The first-order valence-electron chi connectivity index (χ1n) is 28.3. The lowest BCUT2D eigenvalue weighted by molar-refractivity contribution is 0.466. The van der Waals surface area contributed by atoms with Gasteiger partial charge in [-0.15, -0.1) is 0 Å². The number of phenols is 1. The Labute approximate surface area is 395 Å². The summed E-state index contributed by atoms with van der Waals surface area (Å²) in [5.74, 6) is -3.78. The van der Waals surface area contributed by atoms with Gasteiger partial charge in [0.2, 0.25) is 0 Å². The minimum Gasteiger partial charge on any atom is -0.507 e. The number of benzene rings is 6. The molecule has 0 saturated carbocycles. The van der Waals surface area contributed by atoms with Crippen LogP contribution in [-0.4, -0.2) is 19.6 Å². The van der Waals surface area contributed by atoms with Crippen molar-refractivity contribution < 1.29 is 24.3 Å². The molecule has 0 unspecified atom stereocenters. The number of imidazole rings is 1. The molecule has 0 fully saturated rings. The van der Waals surface area contributed by atoms with E-state index in [1.54, 1.807) is 94.6 Å². The van der Waals surface area contributed by atoms with E-state index in [4.69, 9.17) is 21.4 Å². The Bertz CT molecular complexity index is 3670. The fraction of sp³-hybridized carbons (Fsp3) is 0.288. The summed E-state index contributed by atoms with van der Waals surface area (Å²) in [4.78, 5) is 9.76. The topological polar surface area (TPSA) is 50.9 Å². The number of hydrogen-bond donors (Lipinski definition) is 1. The number of nitrogens with zero attached hydrogens (tertiary/aromatic N) is 3. The Balaban J connectivity index is 1.50. The molecule has 0 aliphatic heterocycles. The highest BCUT2D eigenvalue weighted by Gasteiger charge is 2.26. The van der Waals surface area contributed by atoms with Crippen molar-refractivity contribution in [3.8, 4) is 67.5 Å². The second kappa shape index (κ2) is 17.1. The summed E-state index contributed by atoms with van der Waals surface area (Å²) in [6.07, 6.45) is -0.581. The number of hydrogen-bond acceptors (Lipinski definition) is 3. The average molecular weight is 844 g/mol. The zero-order valence-corrected chi connectivity index (χ0v) is 37.9. The maximum atomic E-state index is 12.4. The SMILES string of the molecule is [2H]c1nc(-c2cc(-c3cccc4c3nc(-c3cc(C([2H])(C)C)cc(C([2H])(C)C)c3O)n4-c3ccc(-c4c(C(C)C)cccc4C([2H])(C)C)cc3C([2H])([2H])[2H])cc(C(C)(C)C)c2)c([2H])c(-c2c([2H])c([2H])c([2H])c([2H])c2[2H])c1[2H]. The predicted octanol–water partition coefficient (Wildman–Crippen LogP) is 16.6. The molecule has 8 rings (SSSR count). The van der Waals surface area contributed by atoms with Crippen LogP contribution in [0.5, 0.6) is 5.75 Å². The van der Waals surface area contributed by atoms with Gasteiger partial charge in [-0.1, -0.05) is 155 Å². The van der Waals surface area contributed by atoms with Crippen molar-refractivity contribution >= 4 is 11.0 Å². The molecule has 0 radical (unpaired) electrons. The summed E-state index contributed by atoms with van der Waals surface area (Å²) in [5, 5.41) is 12.4. The summed E-state index contributed by atoms with van der Waals surface area (Å²) < 4.78 is 126. The third-order valence-corrected chi connectivity index (χ3v) is 11.7. The quantitative estimate of drug-likeness (QED) is 0.149. The van der Waals surface area contributed by atoms with E-state index in [-0.39, 0.29) is 51.1 Å². The Morgan fingerprint density at radius 3 is 2.06 bits per heavy atom. The largest absolute Gasteiger partial charge is 0.507 e. The molecule has 0 bridgehead atoms. The maximum Gasteiger partial charge on any atom is 0.149 e. The van der Waals surface area contributed by atoms with Crippen molar-refractivity contribution in [2.75, 3.05) is 0 Å². The van der Waals surface area contributed by atoms with E-state index in [1.807, 2.05) is 57.2 Å². The first-order chi connectivity index (χ1) is 35.4. The lowest BCUT2D eigenvalue weighted by atomic mass is 9.83. The number of phenolic OH excluding ortho intramolecular Hbond substituents is 1. The van der Waals surface area contributed by atoms with Crippen molar-refractivity contribution in [1.29, 1.82) is 0 Å². The van der Waals surface area contributed by atoms with Gasteiger partial charge < -0.3 is 5.11 Å². The van der Waals surface area contributed by atoms with Gasteiger partial charge in [0, 0.05) is 25.5 Å². The molecule has 4 heteroatoms. The lowest BCUT2D eigenvalue weighted by Gasteiger charge is -2.22. The molecule has 0 aliphatic rings. The molecule has 1 N–H and O–H groups in total. The second-order valence-corrected chi connectivity index (χ2v) is 18.3. The van der Waals surface area contributed by atoms with E-state index in [0.29, 0.717) is 38.9 Å². The van der Waals surface area contributed by atoms with Crippen LogP contribution < -0.4 is 0 Å². The highest BCUT2D eigenvalue weighted by molar-refractivity contribution is 5.97. The monoisotopic (exact) mass is 844 g/mol. The van der Waals surface area contributed by atoms with Gasteiger partial charge in [0.05, 0.1) is 38.9 Å². The van der Waals surface area contributed by atoms with E-state index in [1.165, 1.54) is 0 Å². The first kappa shape index (κ1) is 29.2. The van der Waals surface area contributed by atoms with Crippen LogP contribution in [0.2, 0.25) is 0 Å². The van der Waals surface area contributed by atoms with Gasteiger partial charge in [-0.3, -0.25) is 9.55 Å². The summed E-state index contributed by atoms with van der Waals surface area (Å²) >= 11 is 0. The molecular formula is C59H63N3O. The number of aromatic hydroxyl groups is 1. The highest BCUT2D eigenvalue weighted by atomic mass is 16.3. The second-order valence-electron chi connectivity index (χ2n) is 18.3. The number of pyridine rings is 1. The summed E-state index contributed by atoms with van der Waals surface area (Å²) in [6.45, 7) is 17.6. The number of aryl methyl sites for hydroxylation is 1. The summed E-state index contributed by atoms with van der Waals surface area (Å²) in [6, 6.07) is 21.0. The van der Waals surface area contributed by atoms with Crippen LogP contribution in [0, 0.1) is 6.85 Å². The molecule has 63 heavy (non-hydrogen) atoms. The fourth-order valence-electron chi connectivity index (χ4n) is 8.22.